The fourth-order valence-electron chi connectivity index (χ4n) is 1.16. The Labute approximate surface area is 130 Å². The molecule has 124 valence electrons. The van der Waals surface area contributed by atoms with Crippen LogP contribution in [-0.2, 0) is 4.79 Å². The Morgan fingerprint density at radius 2 is 1.87 bits per heavy atom. The summed E-state index contributed by atoms with van der Waals surface area (Å²) < 4.78 is 31.7. The summed E-state index contributed by atoms with van der Waals surface area (Å²) in [6.45, 7) is 1.63. The third-order valence-corrected chi connectivity index (χ3v) is 3.22. The van der Waals surface area contributed by atoms with Gasteiger partial charge in [0.1, 0.15) is 6.20 Å². The molecule has 0 saturated heterocycles. The molecule has 2 heterocycles. The summed E-state index contributed by atoms with van der Waals surface area (Å²) in [5.41, 5.74) is 1.14. The van der Waals surface area contributed by atoms with Crippen molar-refractivity contribution in [3.8, 4) is 10.4 Å². The summed E-state index contributed by atoms with van der Waals surface area (Å²) in [6.07, 6.45) is -2.24. The molecule has 0 spiro atoms. The van der Waals surface area contributed by atoms with Gasteiger partial charge >= 0.3 is 18.1 Å². The Hall–Kier alpha value is -2.76. The van der Waals surface area contributed by atoms with Gasteiger partial charge in [-0.25, -0.2) is 14.6 Å². The van der Waals surface area contributed by atoms with Crippen LogP contribution in [0.1, 0.15) is 15.5 Å². The van der Waals surface area contributed by atoms with E-state index >= 15 is 0 Å². The second-order valence-corrected chi connectivity index (χ2v) is 4.93. The molecular weight excluding hydrogens is 343 g/mol. The first-order valence-electron chi connectivity index (χ1n) is 5.58. The molecule has 12 heteroatoms. The number of carboxylic acid groups (broad SMARTS) is 2. The van der Waals surface area contributed by atoms with Gasteiger partial charge in [-0.3, -0.25) is 0 Å². The van der Waals surface area contributed by atoms with Crippen LogP contribution < -0.4 is 4.85 Å². The minimum atomic E-state index is -5.08. The highest BCUT2D eigenvalue weighted by atomic mass is 32.1. The van der Waals surface area contributed by atoms with Gasteiger partial charge in [-0.15, -0.1) is 11.3 Å². The van der Waals surface area contributed by atoms with E-state index < -0.39 is 18.1 Å². The minimum absolute atomic E-state index is 0.0199. The molecule has 8 nitrogen and oxygen atoms in total. The molecule has 0 saturated carbocycles. The van der Waals surface area contributed by atoms with E-state index in [0.717, 1.165) is 11.3 Å². The number of aryl methyl sites for hydroxylation is 1. The zero-order valence-corrected chi connectivity index (χ0v) is 12.1. The Bertz CT molecular complexity index is 732. The lowest BCUT2D eigenvalue weighted by atomic mass is 10.2. The molecule has 0 aliphatic carbocycles. The van der Waals surface area contributed by atoms with Gasteiger partial charge in [0.25, 0.3) is 0 Å². The monoisotopic (exact) mass is 351 g/mol. The molecule has 0 aliphatic heterocycles. The number of hydrogen-bond acceptors (Lipinski definition) is 6. The number of aromatic carboxylic acids is 1. The van der Waals surface area contributed by atoms with Gasteiger partial charge in [0.2, 0.25) is 10.7 Å². The largest absolute Gasteiger partial charge is 0.594 e. The van der Waals surface area contributed by atoms with E-state index in [4.69, 9.17) is 15.0 Å². The van der Waals surface area contributed by atoms with Gasteiger partial charge < -0.3 is 15.4 Å². The molecule has 0 unspecified atom stereocenters. The zero-order chi connectivity index (χ0) is 17.8. The zero-order valence-electron chi connectivity index (χ0n) is 11.2. The molecule has 2 aromatic heterocycles. The summed E-state index contributed by atoms with van der Waals surface area (Å²) in [5, 5.41) is 30.5. The van der Waals surface area contributed by atoms with Crippen LogP contribution in [0.25, 0.3) is 10.4 Å². The van der Waals surface area contributed by atoms with E-state index in [0.29, 0.717) is 21.0 Å². The second kappa shape index (κ2) is 7.00. The Balaban J connectivity index is 0.000000322. The quantitative estimate of drug-likeness (QED) is 0.619. The highest BCUT2D eigenvalue weighted by Crippen LogP contribution is 2.25. The number of aromatic nitrogens is 3. The van der Waals surface area contributed by atoms with Crippen molar-refractivity contribution in [3.05, 3.63) is 34.4 Å². The Morgan fingerprint density at radius 1 is 1.30 bits per heavy atom. The van der Waals surface area contributed by atoms with Gasteiger partial charge in [-0.05, 0) is 0 Å². The van der Waals surface area contributed by atoms with Crippen molar-refractivity contribution in [1.82, 2.24) is 10.1 Å². The van der Waals surface area contributed by atoms with Crippen molar-refractivity contribution < 1.29 is 37.8 Å². The average molecular weight is 351 g/mol. The van der Waals surface area contributed by atoms with Gasteiger partial charge in [-0.2, -0.15) is 13.2 Å². The third-order valence-electron chi connectivity index (χ3n) is 2.18. The van der Waals surface area contributed by atoms with Crippen LogP contribution in [-0.4, -0.2) is 38.4 Å². The van der Waals surface area contributed by atoms with Crippen LogP contribution in [0.3, 0.4) is 0 Å². The summed E-state index contributed by atoms with van der Waals surface area (Å²) in [7, 11) is 0. The number of rotatable bonds is 2. The third kappa shape index (κ3) is 5.18. The molecule has 0 radical (unpaired) electrons. The number of halogens is 3. The summed E-state index contributed by atoms with van der Waals surface area (Å²) >= 11 is 1.05. The minimum Gasteiger partial charge on any atom is -0.594 e. The molecule has 0 fully saturated rings. The molecule has 0 amide bonds. The van der Waals surface area contributed by atoms with Crippen LogP contribution in [0.4, 0.5) is 13.2 Å². The summed E-state index contributed by atoms with van der Waals surface area (Å²) in [4.78, 5) is 24.5. The number of alkyl halides is 3. The fourth-order valence-corrected chi connectivity index (χ4v) is 1.90. The molecule has 2 aromatic rings. The molecule has 0 atom stereocenters. The van der Waals surface area contributed by atoms with Gasteiger partial charge in [0, 0.05) is 29.8 Å². The number of thiazole rings is 1. The van der Waals surface area contributed by atoms with Crippen LogP contribution in [0.5, 0.6) is 0 Å². The first-order valence-corrected chi connectivity index (χ1v) is 6.40. The van der Waals surface area contributed by atoms with Crippen LogP contribution in [0, 0.1) is 12.1 Å². The molecule has 23 heavy (non-hydrogen) atoms. The summed E-state index contributed by atoms with van der Waals surface area (Å²) in [5.74, 6) is -3.82. The predicted molar refractivity (Wildman–Crippen MR) is 69.7 cm³/mol. The van der Waals surface area contributed by atoms with E-state index in [1.807, 2.05) is 0 Å². The highest BCUT2D eigenvalue weighted by molar-refractivity contribution is 7.16. The topological polar surface area (TPSA) is 127 Å². The van der Waals surface area contributed by atoms with Crippen molar-refractivity contribution in [2.24, 2.45) is 0 Å². The normalized spacial score (nSPS) is 10.6. The second-order valence-electron chi connectivity index (χ2n) is 3.90. The molecular formula is C11H8F3N3O5S. The van der Waals surface area contributed by atoms with E-state index in [9.17, 15) is 23.2 Å². The molecule has 0 bridgehead atoms. The van der Waals surface area contributed by atoms with Crippen molar-refractivity contribution in [2.45, 2.75) is 13.1 Å². The fraction of sp³-hybridized carbons (Fsp3) is 0.182. The lowest BCUT2D eigenvalue weighted by Crippen LogP contribution is -2.33. The number of nitrogens with zero attached hydrogens (tertiary/aromatic N) is 3. The highest BCUT2D eigenvalue weighted by Gasteiger charge is 2.38. The number of carbonyl (C=O) groups is 2. The summed E-state index contributed by atoms with van der Waals surface area (Å²) in [6, 6.07) is 1.64. The molecule has 0 aliphatic rings. The average Bonchev–Trinajstić information content (AvgIpc) is 2.91. The SMILES string of the molecule is Cc1cc(-c2cnc(C(=O)O)s2)cn[n+]1[O-].O=C(O)C(F)(F)F. The molecule has 2 N–H and O–H groups in total. The first-order chi connectivity index (χ1) is 10.5. The van der Waals surface area contributed by atoms with Crippen LogP contribution >= 0.6 is 11.3 Å². The standard InChI is InChI=1S/C9H7N3O3S.C2HF3O2/c1-5-2-6(3-11-12(5)15)7-4-10-8(16-7)9(13)14;3-2(4,5)1(6)7/h2-4H,1H3,(H,13,14);(H,6,7). The molecule has 2 rings (SSSR count). The van der Waals surface area contributed by atoms with E-state index in [-0.39, 0.29) is 5.01 Å². The lowest BCUT2D eigenvalue weighted by Gasteiger charge is -1.98. The Morgan fingerprint density at radius 3 is 2.26 bits per heavy atom. The van der Waals surface area contributed by atoms with Crippen LogP contribution in [0.2, 0.25) is 0 Å². The number of hydrogen-bond donors (Lipinski definition) is 2. The molecule has 0 aromatic carbocycles. The van der Waals surface area contributed by atoms with Crippen LogP contribution in [0.15, 0.2) is 18.5 Å². The van der Waals surface area contributed by atoms with Gasteiger partial charge in [-0.1, -0.05) is 4.85 Å². The van der Waals surface area contributed by atoms with E-state index in [1.54, 1.807) is 13.0 Å². The van der Waals surface area contributed by atoms with E-state index in [2.05, 4.69) is 10.1 Å². The van der Waals surface area contributed by atoms with Crippen molar-refractivity contribution in [1.29, 1.82) is 0 Å². The van der Waals surface area contributed by atoms with Gasteiger partial charge in [0.05, 0.1) is 4.88 Å². The number of carboxylic acids is 2. The van der Waals surface area contributed by atoms with Crippen molar-refractivity contribution in [3.63, 3.8) is 0 Å². The van der Waals surface area contributed by atoms with E-state index in [1.165, 1.54) is 12.4 Å². The maximum absolute atomic E-state index is 11.0. The lowest BCUT2D eigenvalue weighted by molar-refractivity contribution is -0.675. The number of aliphatic carboxylic acids is 1. The maximum Gasteiger partial charge on any atom is 0.490 e. The first kappa shape index (κ1) is 18.3. The Kier molecular flexibility index (Phi) is 5.57. The van der Waals surface area contributed by atoms with Crippen molar-refractivity contribution in [2.75, 3.05) is 0 Å². The maximum atomic E-state index is 11.0. The van der Waals surface area contributed by atoms with Gasteiger partial charge in [0.15, 0.2) is 0 Å². The smallest absolute Gasteiger partial charge is 0.490 e. The predicted octanol–water partition coefficient (Wildman–Crippen LogP) is 1.48. The van der Waals surface area contributed by atoms with Crippen molar-refractivity contribution >= 4 is 23.3 Å².